The first-order chi connectivity index (χ1) is 14.5. The van der Waals surface area contributed by atoms with Crippen molar-refractivity contribution in [2.24, 2.45) is 0 Å². The fourth-order valence-electron chi connectivity index (χ4n) is 2.87. The Morgan fingerprint density at radius 1 is 0.767 bits per heavy atom. The van der Waals surface area contributed by atoms with E-state index in [9.17, 15) is 8.42 Å². The van der Waals surface area contributed by atoms with Crippen molar-refractivity contribution in [3.63, 3.8) is 0 Å². The molecule has 2 aromatic rings. The van der Waals surface area contributed by atoms with Crippen LogP contribution in [0, 0.1) is 0 Å². The second-order valence-corrected chi connectivity index (χ2v) is 9.25. The Morgan fingerprint density at radius 3 is 1.77 bits per heavy atom. The summed E-state index contributed by atoms with van der Waals surface area (Å²) in [5.41, 5.74) is 0. The molecule has 0 saturated carbocycles. The average Bonchev–Trinajstić information content (AvgIpc) is 2.75. The van der Waals surface area contributed by atoms with Crippen molar-refractivity contribution in [3.8, 4) is 5.75 Å². The van der Waals surface area contributed by atoms with Crippen molar-refractivity contribution in [2.45, 2.75) is 76.0 Å². The van der Waals surface area contributed by atoms with Crippen LogP contribution in [-0.4, -0.2) is 20.1 Å². The molecule has 168 valence electrons. The largest absolute Gasteiger partial charge is 0.506 e. The van der Waals surface area contributed by atoms with Gasteiger partial charge >= 0.3 is 0 Å². The molecule has 0 aliphatic rings. The molecule has 0 radical (unpaired) electrons. The van der Waals surface area contributed by atoms with Gasteiger partial charge in [0.25, 0.3) is 10.1 Å². The summed E-state index contributed by atoms with van der Waals surface area (Å²) < 4.78 is 28.8. The molecular weight excluding hydrogens is 420 g/mol. The minimum Gasteiger partial charge on any atom is -0.506 e. The summed E-state index contributed by atoms with van der Waals surface area (Å²) in [6, 6.07) is 15.0. The van der Waals surface area contributed by atoms with Crippen LogP contribution in [0.25, 0.3) is 0 Å². The molecule has 6 heteroatoms. The quantitative estimate of drug-likeness (QED) is 0.253. The summed E-state index contributed by atoms with van der Waals surface area (Å²) in [5.74, 6) is 0.133. The Bertz CT molecular complexity index is 758. The van der Waals surface area contributed by atoms with Gasteiger partial charge in [-0.1, -0.05) is 107 Å². The first-order valence-corrected chi connectivity index (χ1v) is 12.6. The van der Waals surface area contributed by atoms with E-state index in [-0.39, 0.29) is 17.3 Å². The Balaban J connectivity index is 0.000000467. The molecule has 0 bridgehead atoms. The van der Waals surface area contributed by atoms with Crippen molar-refractivity contribution in [1.82, 2.24) is 0 Å². The van der Waals surface area contributed by atoms with Gasteiger partial charge in [-0.25, -0.2) is 0 Å². The highest BCUT2D eigenvalue weighted by molar-refractivity contribution is 7.86. The maximum atomic E-state index is 11.9. The van der Waals surface area contributed by atoms with Crippen LogP contribution in [0.4, 0.5) is 0 Å². The summed E-state index contributed by atoms with van der Waals surface area (Å²) in [7, 11) is -3.57. The van der Waals surface area contributed by atoms with Crippen LogP contribution in [0.2, 0.25) is 5.02 Å². The molecular formula is C24H35ClO4S. The molecule has 0 saturated heterocycles. The molecule has 0 heterocycles. The van der Waals surface area contributed by atoms with E-state index in [4.69, 9.17) is 20.9 Å². The van der Waals surface area contributed by atoms with Crippen LogP contribution in [0.1, 0.15) is 71.1 Å². The molecule has 0 amide bonds. The van der Waals surface area contributed by atoms with E-state index in [0.29, 0.717) is 5.02 Å². The summed E-state index contributed by atoms with van der Waals surface area (Å²) >= 11 is 5.46. The van der Waals surface area contributed by atoms with Crippen LogP contribution >= 0.6 is 11.6 Å². The van der Waals surface area contributed by atoms with Crippen molar-refractivity contribution in [3.05, 3.63) is 59.6 Å². The Morgan fingerprint density at radius 2 is 1.27 bits per heavy atom. The highest BCUT2D eigenvalue weighted by atomic mass is 35.5. The first-order valence-electron chi connectivity index (χ1n) is 10.9. The number of rotatable bonds is 13. The van der Waals surface area contributed by atoms with Gasteiger partial charge in [0.2, 0.25) is 0 Å². The second kappa shape index (κ2) is 16.2. The van der Waals surface area contributed by atoms with Crippen LogP contribution < -0.4 is 0 Å². The van der Waals surface area contributed by atoms with E-state index in [0.717, 1.165) is 12.8 Å². The molecule has 1 N–H and O–H groups in total. The fraction of sp³-hybridized carbons (Fsp3) is 0.500. The zero-order valence-electron chi connectivity index (χ0n) is 17.9. The van der Waals surface area contributed by atoms with E-state index in [1.165, 1.54) is 51.4 Å². The number of aromatic hydroxyl groups is 1. The number of para-hydroxylation sites is 1. The highest BCUT2D eigenvalue weighted by Crippen LogP contribution is 2.20. The lowest BCUT2D eigenvalue weighted by molar-refractivity contribution is 0.306. The van der Waals surface area contributed by atoms with Crippen molar-refractivity contribution >= 4 is 21.7 Å². The van der Waals surface area contributed by atoms with Gasteiger partial charge in [0.1, 0.15) is 5.75 Å². The van der Waals surface area contributed by atoms with Crippen LogP contribution in [-0.2, 0) is 14.3 Å². The molecule has 0 aliphatic heterocycles. The van der Waals surface area contributed by atoms with E-state index in [2.05, 4.69) is 6.92 Å². The molecule has 2 aromatic carbocycles. The highest BCUT2D eigenvalue weighted by Gasteiger charge is 2.13. The van der Waals surface area contributed by atoms with Crippen molar-refractivity contribution < 1.29 is 17.7 Å². The van der Waals surface area contributed by atoms with E-state index >= 15 is 0 Å². The normalized spacial score (nSPS) is 11.0. The van der Waals surface area contributed by atoms with Gasteiger partial charge in [-0.15, -0.1) is 0 Å². The molecule has 0 aromatic heterocycles. The Kier molecular flexibility index (Phi) is 14.3. The summed E-state index contributed by atoms with van der Waals surface area (Å²) in [6.45, 7) is 2.52. The molecule has 0 fully saturated rings. The topological polar surface area (TPSA) is 63.6 Å². The fourth-order valence-corrected chi connectivity index (χ4v) is 3.96. The molecule has 2 rings (SSSR count). The molecule has 30 heavy (non-hydrogen) atoms. The van der Waals surface area contributed by atoms with E-state index in [1.54, 1.807) is 54.6 Å². The lowest BCUT2D eigenvalue weighted by atomic mass is 10.1. The van der Waals surface area contributed by atoms with Gasteiger partial charge in [-0.2, -0.15) is 8.42 Å². The van der Waals surface area contributed by atoms with Gasteiger partial charge in [-0.3, -0.25) is 4.18 Å². The average molecular weight is 455 g/mol. The Labute approximate surface area is 187 Å². The number of halogens is 1. The number of unbranched alkanes of at least 4 members (excludes halogenated alkanes) is 9. The van der Waals surface area contributed by atoms with Crippen LogP contribution in [0.3, 0.4) is 0 Å². The smallest absolute Gasteiger partial charge is 0.296 e. The third-order valence-electron chi connectivity index (χ3n) is 4.62. The standard InChI is InChI=1S/C18H30O3S.C6H5ClO/c1-2-3-4-5-6-7-8-9-10-14-17-21-22(19,20)18-15-12-11-13-16-18;7-5-3-1-2-4-6(5)8/h11-13,15-16H,2-10,14,17H2,1H3;1-4,8H. The van der Waals surface area contributed by atoms with E-state index < -0.39 is 10.1 Å². The molecule has 0 atom stereocenters. The Hall–Kier alpha value is -1.56. The van der Waals surface area contributed by atoms with Gasteiger partial charge in [0.15, 0.2) is 0 Å². The van der Waals surface area contributed by atoms with Gasteiger partial charge in [0.05, 0.1) is 16.5 Å². The van der Waals surface area contributed by atoms with E-state index in [1.807, 2.05) is 0 Å². The SMILES string of the molecule is CCCCCCCCCCCCOS(=O)(=O)c1ccccc1.Oc1ccccc1Cl. The predicted molar refractivity (Wildman–Crippen MR) is 125 cm³/mol. The van der Waals surface area contributed by atoms with Gasteiger partial charge in [0, 0.05) is 0 Å². The predicted octanol–water partition coefficient (Wildman–Crippen LogP) is 7.36. The number of phenolic OH excluding ortho intramolecular Hbond substituents is 1. The maximum Gasteiger partial charge on any atom is 0.296 e. The molecule has 4 nitrogen and oxygen atoms in total. The summed E-state index contributed by atoms with van der Waals surface area (Å²) in [4.78, 5) is 0.238. The number of hydrogen-bond acceptors (Lipinski definition) is 4. The molecule has 0 aliphatic carbocycles. The van der Waals surface area contributed by atoms with Gasteiger partial charge in [-0.05, 0) is 30.7 Å². The van der Waals surface area contributed by atoms with Crippen LogP contribution in [0.5, 0.6) is 5.75 Å². The van der Waals surface area contributed by atoms with Crippen molar-refractivity contribution in [1.29, 1.82) is 0 Å². The lowest BCUT2D eigenvalue weighted by Gasteiger charge is -2.05. The van der Waals surface area contributed by atoms with Crippen LogP contribution in [0.15, 0.2) is 59.5 Å². The zero-order chi connectivity index (χ0) is 22.1. The zero-order valence-corrected chi connectivity index (χ0v) is 19.5. The molecule has 0 spiro atoms. The minimum atomic E-state index is -3.57. The minimum absolute atomic E-state index is 0.133. The number of phenols is 1. The van der Waals surface area contributed by atoms with Gasteiger partial charge < -0.3 is 5.11 Å². The first kappa shape index (κ1) is 26.5. The lowest BCUT2D eigenvalue weighted by Crippen LogP contribution is -2.07. The maximum absolute atomic E-state index is 11.9. The number of hydrogen-bond donors (Lipinski definition) is 1. The summed E-state index contributed by atoms with van der Waals surface area (Å²) in [6.07, 6.45) is 12.3. The monoisotopic (exact) mass is 454 g/mol. The van der Waals surface area contributed by atoms with Crippen molar-refractivity contribution in [2.75, 3.05) is 6.61 Å². The second-order valence-electron chi connectivity index (χ2n) is 7.22. The number of benzene rings is 2. The third-order valence-corrected chi connectivity index (χ3v) is 6.27. The molecule has 0 unspecified atom stereocenters. The summed E-state index contributed by atoms with van der Waals surface area (Å²) in [5, 5.41) is 9.18. The third kappa shape index (κ3) is 12.2.